The maximum absolute atomic E-state index is 11.5. The fraction of sp³-hybridized carbons (Fsp3) is 0.235. The average Bonchev–Trinajstić information content (AvgIpc) is 2.96. The number of hydrogen-bond acceptors (Lipinski definition) is 4. The second kappa shape index (κ2) is 6.18. The van der Waals surface area contributed by atoms with Gasteiger partial charge in [0.25, 0.3) is 0 Å². The number of fused-ring (bicyclic) bond motifs is 1. The number of methoxy groups -OCH3 is 1. The van der Waals surface area contributed by atoms with E-state index >= 15 is 0 Å². The highest BCUT2D eigenvalue weighted by atomic mass is 16.5. The summed E-state index contributed by atoms with van der Waals surface area (Å²) in [6.07, 6.45) is 3.51. The van der Waals surface area contributed by atoms with Gasteiger partial charge in [0.05, 0.1) is 36.1 Å². The number of benzene rings is 1. The summed E-state index contributed by atoms with van der Waals surface area (Å²) in [6, 6.07) is 7.13. The van der Waals surface area contributed by atoms with E-state index in [2.05, 4.69) is 10.1 Å². The molecule has 0 amide bonds. The van der Waals surface area contributed by atoms with Crippen molar-refractivity contribution in [3.63, 3.8) is 0 Å². The maximum Gasteiger partial charge on any atom is 0.335 e. The van der Waals surface area contributed by atoms with Gasteiger partial charge >= 0.3 is 5.97 Å². The largest absolute Gasteiger partial charge is 0.478 e. The zero-order valence-electron chi connectivity index (χ0n) is 13.0. The zero-order valence-corrected chi connectivity index (χ0v) is 13.0. The van der Waals surface area contributed by atoms with Gasteiger partial charge in [-0.25, -0.2) is 4.79 Å². The Kier molecular flexibility index (Phi) is 4.08. The highest BCUT2D eigenvalue weighted by Gasteiger charge is 2.15. The summed E-state index contributed by atoms with van der Waals surface area (Å²) in [4.78, 5) is 15.9. The number of rotatable bonds is 5. The summed E-state index contributed by atoms with van der Waals surface area (Å²) in [5, 5.41) is 14.6. The van der Waals surface area contributed by atoms with Crippen molar-refractivity contribution in [3.05, 3.63) is 47.8 Å². The Morgan fingerprint density at radius 2 is 2.13 bits per heavy atom. The van der Waals surface area contributed by atoms with E-state index in [1.54, 1.807) is 36.3 Å². The summed E-state index contributed by atoms with van der Waals surface area (Å²) >= 11 is 0. The molecule has 2 heterocycles. The van der Waals surface area contributed by atoms with Crippen molar-refractivity contribution in [2.45, 2.75) is 13.5 Å². The maximum atomic E-state index is 11.5. The number of hydrogen-bond donors (Lipinski definition) is 1. The summed E-state index contributed by atoms with van der Waals surface area (Å²) in [7, 11) is 1.62. The quantitative estimate of drug-likeness (QED) is 0.784. The summed E-state index contributed by atoms with van der Waals surface area (Å²) < 4.78 is 6.83. The molecule has 3 aromatic rings. The molecule has 0 bridgehead atoms. The number of aromatic nitrogens is 3. The molecule has 0 aliphatic rings. The van der Waals surface area contributed by atoms with E-state index in [-0.39, 0.29) is 5.56 Å². The molecule has 0 fully saturated rings. The molecule has 0 aliphatic heterocycles. The fourth-order valence-electron chi connectivity index (χ4n) is 2.50. The molecule has 23 heavy (non-hydrogen) atoms. The molecule has 0 saturated heterocycles. The Morgan fingerprint density at radius 1 is 1.30 bits per heavy atom. The molecule has 0 unspecified atom stereocenters. The molecular formula is C17H17N3O3. The Labute approximate surface area is 133 Å². The highest BCUT2D eigenvalue weighted by molar-refractivity contribution is 6.00. The van der Waals surface area contributed by atoms with Crippen LogP contribution in [0, 0.1) is 6.92 Å². The van der Waals surface area contributed by atoms with Crippen LogP contribution in [0.1, 0.15) is 15.9 Å². The van der Waals surface area contributed by atoms with Gasteiger partial charge in [0.15, 0.2) is 0 Å². The van der Waals surface area contributed by atoms with Crippen LogP contribution in [0.25, 0.3) is 22.2 Å². The van der Waals surface area contributed by atoms with Crippen LogP contribution < -0.4 is 0 Å². The number of aromatic carboxylic acids is 1. The lowest BCUT2D eigenvalue weighted by molar-refractivity contribution is 0.0697. The Hall–Kier alpha value is -2.73. The lowest BCUT2D eigenvalue weighted by atomic mass is 10.0. The van der Waals surface area contributed by atoms with E-state index in [1.165, 1.54) is 0 Å². The van der Waals surface area contributed by atoms with Crippen molar-refractivity contribution >= 4 is 16.9 Å². The fourth-order valence-corrected chi connectivity index (χ4v) is 2.50. The Bertz CT molecular complexity index is 853. The van der Waals surface area contributed by atoms with E-state index in [1.807, 2.05) is 19.1 Å². The smallest absolute Gasteiger partial charge is 0.335 e. The minimum absolute atomic E-state index is 0.217. The van der Waals surface area contributed by atoms with Crippen LogP contribution in [0.15, 0.2) is 36.7 Å². The van der Waals surface area contributed by atoms with Gasteiger partial charge < -0.3 is 9.84 Å². The van der Waals surface area contributed by atoms with E-state index in [4.69, 9.17) is 4.74 Å². The zero-order chi connectivity index (χ0) is 16.4. The first-order valence-corrected chi connectivity index (χ1v) is 7.25. The van der Waals surface area contributed by atoms with E-state index in [0.717, 1.165) is 27.7 Å². The van der Waals surface area contributed by atoms with Crippen LogP contribution in [0.3, 0.4) is 0 Å². The second-order valence-corrected chi connectivity index (χ2v) is 5.34. The standard InChI is InChI=1S/C17H17N3O3/c1-11-3-4-15(18-9-11)13-7-12(17(21)22)8-16-14(13)10-19-20(16)5-6-23-2/h3-4,7-10H,5-6H2,1-2H3,(H,21,22). The lowest BCUT2D eigenvalue weighted by Crippen LogP contribution is -2.06. The molecule has 1 N–H and O–H groups in total. The number of pyridine rings is 1. The predicted octanol–water partition coefficient (Wildman–Crippen LogP) is 2.75. The molecule has 2 aromatic heterocycles. The molecule has 6 nitrogen and oxygen atoms in total. The minimum atomic E-state index is -0.972. The minimum Gasteiger partial charge on any atom is -0.478 e. The van der Waals surface area contributed by atoms with Gasteiger partial charge in [-0.3, -0.25) is 9.67 Å². The van der Waals surface area contributed by atoms with Crippen molar-refractivity contribution in [1.29, 1.82) is 0 Å². The monoisotopic (exact) mass is 311 g/mol. The van der Waals surface area contributed by atoms with Crippen molar-refractivity contribution in [2.75, 3.05) is 13.7 Å². The van der Waals surface area contributed by atoms with Gasteiger partial charge in [-0.2, -0.15) is 5.10 Å². The summed E-state index contributed by atoms with van der Waals surface area (Å²) in [5.74, 6) is -0.972. The third-order valence-corrected chi connectivity index (χ3v) is 3.70. The van der Waals surface area contributed by atoms with E-state index < -0.39 is 5.97 Å². The molecule has 0 saturated carbocycles. The van der Waals surface area contributed by atoms with Gasteiger partial charge in [-0.15, -0.1) is 0 Å². The number of nitrogens with zero attached hydrogens (tertiary/aromatic N) is 3. The van der Waals surface area contributed by atoms with Gasteiger partial charge in [0.2, 0.25) is 0 Å². The molecule has 3 rings (SSSR count). The van der Waals surface area contributed by atoms with Crippen LogP contribution >= 0.6 is 0 Å². The number of aryl methyl sites for hydroxylation is 1. The SMILES string of the molecule is COCCn1ncc2c(-c3ccc(C)cn3)cc(C(=O)O)cc21. The van der Waals surface area contributed by atoms with Crippen molar-refractivity contribution < 1.29 is 14.6 Å². The van der Waals surface area contributed by atoms with Gasteiger partial charge in [-0.05, 0) is 30.7 Å². The molecule has 0 spiro atoms. The van der Waals surface area contributed by atoms with Crippen LogP contribution in [0.5, 0.6) is 0 Å². The van der Waals surface area contributed by atoms with Crippen LogP contribution in [0.2, 0.25) is 0 Å². The molecule has 1 aromatic carbocycles. The van der Waals surface area contributed by atoms with E-state index in [9.17, 15) is 9.90 Å². The van der Waals surface area contributed by atoms with E-state index in [0.29, 0.717) is 13.2 Å². The molecular weight excluding hydrogens is 294 g/mol. The normalized spacial score (nSPS) is 11.0. The second-order valence-electron chi connectivity index (χ2n) is 5.34. The highest BCUT2D eigenvalue weighted by Crippen LogP contribution is 2.29. The molecule has 0 atom stereocenters. The van der Waals surface area contributed by atoms with Crippen molar-refractivity contribution in [1.82, 2.24) is 14.8 Å². The third kappa shape index (κ3) is 2.93. The predicted molar refractivity (Wildman–Crippen MR) is 86.5 cm³/mol. The van der Waals surface area contributed by atoms with Gasteiger partial charge in [0, 0.05) is 24.3 Å². The van der Waals surface area contributed by atoms with Crippen molar-refractivity contribution in [2.24, 2.45) is 0 Å². The average molecular weight is 311 g/mol. The number of carboxylic acids is 1. The third-order valence-electron chi connectivity index (χ3n) is 3.70. The Balaban J connectivity index is 2.21. The van der Waals surface area contributed by atoms with Crippen molar-refractivity contribution in [3.8, 4) is 11.3 Å². The summed E-state index contributed by atoms with van der Waals surface area (Å²) in [6.45, 7) is 3.03. The molecule has 0 aliphatic carbocycles. The number of carboxylic acid groups (broad SMARTS) is 1. The first kappa shape index (κ1) is 15.2. The number of carbonyl (C=O) groups is 1. The summed E-state index contributed by atoms with van der Waals surface area (Å²) in [5.41, 5.74) is 3.53. The van der Waals surface area contributed by atoms with Crippen LogP contribution in [-0.2, 0) is 11.3 Å². The van der Waals surface area contributed by atoms with Gasteiger partial charge in [0.1, 0.15) is 0 Å². The van der Waals surface area contributed by atoms with Gasteiger partial charge in [-0.1, -0.05) is 6.07 Å². The van der Waals surface area contributed by atoms with Crippen LogP contribution in [-0.4, -0.2) is 39.6 Å². The topological polar surface area (TPSA) is 77.2 Å². The Morgan fingerprint density at radius 3 is 2.78 bits per heavy atom. The number of ether oxygens (including phenoxy) is 1. The molecule has 0 radical (unpaired) electrons. The molecule has 118 valence electrons. The van der Waals surface area contributed by atoms with Crippen LogP contribution in [0.4, 0.5) is 0 Å². The first-order chi connectivity index (χ1) is 11.1. The lowest BCUT2D eigenvalue weighted by Gasteiger charge is -2.07. The first-order valence-electron chi connectivity index (χ1n) is 7.25. The molecule has 6 heteroatoms.